The Morgan fingerprint density at radius 1 is 1.29 bits per heavy atom. The summed E-state index contributed by atoms with van der Waals surface area (Å²) in [5, 5.41) is 11.3. The number of hydrogen-bond acceptors (Lipinski definition) is 2. The molecular formula is C15H19FN2O3. The smallest absolute Gasteiger partial charge is 0.321 e. The van der Waals surface area contributed by atoms with Gasteiger partial charge < -0.3 is 10.4 Å². The molecule has 0 bridgehead atoms. The summed E-state index contributed by atoms with van der Waals surface area (Å²) in [7, 11) is 0. The number of anilines is 1. The van der Waals surface area contributed by atoms with E-state index in [9.17, 15) is 14.0 Å². The van der Waals surface area contributed by atoms with E-state index < -0.39 is 5.97 Å². The van der Waals surface area contributed by atoms with Crippen molar-refractivity contribution in [2.24, 2.45) is 0 Å². The predicted molar refractivity (Wildman–Crippen MR) is 77.0 cm³/mol. The number of amides is 2. The van der Waals surface area contributed by atoms with Crippen molar-refractivity contribution in [3.05, 3.63) is 29.6 Å². The first-order chi connectivity index (χ1) is 10.1. The molecule has 1 aliphatic heterocycles. The van der Waals surface area contributed by atoms with Crippen LogP contribution in [-0.4, -0.2) is 30.2 Å². The molecule has 1 aromatic rings. The van der Waals surface area contributed by atoms with E-state index in [0.29, 0.717) is 25.2 Å². The number of carboxylic acid groups (broad SMARTS) is 1. The fourth-order valence-electron chi connectivity index (χ4n) is 2.43. The fraction of sp³-hybridized carbons (Fsp3) is 0.467. The summed E-state index contributed by atoms with van der Waals surface area (Å²) in [6, 6.07) is 4.28. The molecule has 0 saturated heterocycles. The maximum absolute atomic E-state index is 13.2. The lowest BCUT2D eigenvalue weighted by molar-refractivity contribution is -0.137. The van der Waals surface area contributed by atoms with Crippen LogP contribution in [0.4, 0.5) is 14.9 Å². The maximum Gasteiger partial charge on any atom is 0.321 e. The van der Waals surface area contributed by atoms with Crippen molar-refractivity contribution in [2.75, 3.05) is 18.0 Å². The number of nitrogens with one attached hydrogen (secondary N) is 1. The Morgan fingerprint density at radius 3 is 2.86 bits per heavy atom. The van der Waals surface area contributed by atoms with Crippen molar-refractivity contribution in [3.8, 4) is 0 Å². The first-order valence-electron chi connectivity index (χ1n) is 7.13. The third-order valence-electron chi connectivity index (χ3n) is 3.53. The zero-order chi connectivity index (χ0) is 15.2. The highest BCUT2D eigenvalue weighted by atomic mass is 19.1. The molecule has 2 N–H and O–H groups in total. The third kappa shape index (κ3) is 4.18. The Bertz CT molecular complexity index is 534. The Kier molecular flexibility index (Phi) is 5.14. The molecule has 21 heavy (non-hydrogen) atoms. The van der Waals surface area contributed by atoms with Gasteiger partial charge in [-0.25, -0.2) is 9.18 Å². The lowest BCUT2D eigenvalue weighted by atomic mass is 10.2. The molecule has 1 aromatic carbocycles. The number of nitrogens with zero attached hydrogens (tertiary/aromatic N) is 1. The van der Waals surface area contributed by atoms with Gasteiger partial charge in [-0.1, -0.05) is 12.5 Å². The number of halogens is 1. The van der Waals surface area contributed by atoms with Crippen LogP contribution in [0.25, 0.3) is 0 Å². The number of carboxylic acids is 1. The van der Waals surface area contributed by atoms with Crippen molar-refractivity contribution in [2.45, 2.75) is 32.1 Å². The Morgan fingerprint density at radius 2 is 2.10 bits per heavy atom. The highest BCUT2D eigenvalue weighted by Crippen LogP contribution is 2.28. The Balaban J connectivity index is 1.75. The minimum absolute atomic E-state index is 0.159. The van der Waals surface area contributed by atoms with Gasteiger partial charge in [-0.3, -0.25) is 9.69 Å². The normalized spacial score (nSPS) is 13.1. The van der Waals surface area contributed by atoms with Gasteiger partial charge in [0.15, 0.2) is 0 Å². The second-order valence-electron chi connectivity index (χ2n) is 5.11. The standard InChI is InChI=1S/C15H19FN2O3/c16-12-6-5-11-7-9-18(13(11)10-12)15(21)17-8-3-1-2-4-14(19)20/h5-6,10H,1-4,7-9H2,(H,17,21)(H,19,20). The van der Waals surface area contributed by atoms with Crippen LogP contribution >= 0.6 is 0 Å². The summed E-state index contributed by atoms with van der Waals surface area (Å²) in [6.45, 7) is 1.06. The number of unbranched alkanes of at least 4 members (excludes halogenated alkanes) is 2. The van der Waals surface area contributed by atoms with Crippen molar-refractivity contribution in [1.29, 1.82) is 0 Å². The number of aliphatic carboxylic acids is 1. The molecule has 1 heterocycles. The highest BCUT2D eigenvalue weighted by molar-refractivity contribution is 5.94. The van der Waals surface area contributed by atoms with Gasteiger partial charge in [-0.15, -0.1) is 0 Å². The van der Waals surface area contributed by atoms with E-state index in [1.165, 1.54) is 12.1 Å². The van der Waals surface area contributed by atoms with Gasteiger partial charge in [-0.2, -0.15) is 0 Å². The summed E-state index contributed by atoms with van der Waals surface area (Å²) in [5.74, 6) is -1.14. The van der Waals surface area contributed by atoms with Crippen LogP contribution in [0, 0.1) is 5.82 Å². The first-order valence-corrected chi connectivity index (χ1v) is 7.13. The Hall–Kier alpha value is -2.11. The van der Waals surface area contributed by atoms with Gasteiger partial charge in [0.2, 0.25) is 0 Å². The van der Waals surface area contributed by atoms with E-state index in [2.05, 4.69) is 5.32 Å². The number of benzene rings is 1. The number of fused-ring (bicyclic) bond motifs is 1. The molecule has 0 spiro atoms. The zero-order valence-electron chi connectivity index (χ0n) is 11.8. The average molecular weight is 294 g/mol. The second-order valence-corrected chi connectivity index (χ2v) is 5.11. The molecule has 1 aliphatic rings. The quantitative estimate of drug-likeness (QED) is 0.792. The molecular weight excluding hydrogens is 275 g/mol. The number of carbonyl (C=O) groups is 2. The van der Waals surface area contributed by atoms with Crippen LogP contribution in [0.3, 0.4) is 0 Å². The minimum Gasteiger partial charge on any atom is -0.481 e. The molecule has 2 rings (SSSR count). The molecule has 0 unspecified atom stereocenters. The summed E-state index contributed by atoms with van der Waals surface area (Å²) in [6.07, 6.45) is 3.01. The topological polar surface area (TPSA) is 69.6 Å². The summed E-state index contributed by atoms with van der Waals surface area (Å²) in [4.78, 5) is 24.0. The summed E-state index contributed by atoms with van der Waals surface area (Å²) < 4.78 is 13.2. The number of urea groups is 1. The molecule has 0 atom stereocenters. The lowest BCUT2D eigenvalue weighted by Crippen LogP contribution is -2.39. The van der Waals surface area contributed by atoms with Gasteiger partial charge in [0.1, 0.15) is 5.82 Å². The molecule has 0 aromatic heterocycles. The minimum atomic E-state index is -0.797. The molecule has 0 fully saturated rings. The molecule has 114 valence electrons. The van der Waals surface area contributed by atoms with Gasteiger partial charge in [-0.05, 0) is 37.0 Å². The molecule has 5 nitrogen and oxygen atoms in total. The second kappa shape index (κ2) is 7.06. The molecule has 0 saturated carbocycles. The van der Waals surface area contributed by atoms with Crippen molar-refractivity contribution in [3.63, 3.8) is 0 Å². The third-order valence-corrected chi connectivity index (χ3v) is 3.53. The predicted octanol–water partition coefficient (Wildman–Crippen LogP) is 2.54. The zero-order valence-corrected chi connectivity index (χ0v) is 11.8. The lowest BCUT2D eigenvalue weighted by Gasteiger charge is -2.18. The van der Waals surface area contributed by atoms with Crippen LogP contribution in [0.1, 0.15) is 31.2 Å². The van der Waals surface area contributed by atoms with Gasteiger partial charge >= 0.3 is 12.0 Å². The fourth-order valence-corrected chi connectivity index (χ4v) is 2.43. The van der Waals surface area contributed by atoms with E-state index in [0.717, 1.165) is 24.8 Å². The van der Waals surface area contributed by atoms with Crippen LogP contribution in [-0.2, 0) is 11.2 Å². The van der Waals surface area contributed by atoms with Crippen molar-refractivity contribution in [1.82, 2.24) is 5.32 Å². The monoisotopic (exact) mass is 294 g/mol. The molecule has 2 amide bonds. The summed E-state index contributed by atoms with van der Waals surface area (Å²) >= 11 is 0. The van der Waals surface area contributed by atoms with Crippen molar-refractivity contribution < 1.29 is 19.1 Å². The largest absolute Gasteiger partial charge is 0.481 e. The van der Waals surface area contributed by atoms with Crippen LogP contribution in [0.15, 0.2) is 18.2 Å². The highest BCUT2D eigenvalue weighted by Gasteiger charge is 2.24. The van der Waals surface area contributed by atoms with Crippen LogP contribution < -0.4 is 10.2 Å². The van der Waals surface area contributed by atoms with Crippen LogP contribution in [0.2, 0.25) is 0 Å². The number of carbonyl (C=O) groups excluding carboxylic acids is 1. The van der Waals surface area contributed by atoms with E-state index in [1.807, 2.05) is 0 Å². The van der Waals surface area contributed by atoms with Gasteiger partial charge in [0.25, 0.3) is 0 Å². The SMILES string of the molecule is O=C(O)CCCCCNC(=O)N1CCc2ccc(F)cc21. The van der Waals surface area contributed by atoms with Gasteiger partial charge in [0, 0.05) is 19.5 Å². The number of rotatable bonds is 6. The van der Waals surface area contributed by atoms with Gasteiger partial charge in [0.05, 0.1) is 5.69 Å². The van der Waals surface area contributed by atoms with Crippen LogP contribution in [0.5, 0.6) is 0 Å². The summed E-state index contributed by atoms with van der Waals surface area (Å²) in [5.41, 5.74) is 1.62. The van der Waals surface area contributed by atoms with E-state index in [4.69, 9.17) is 5.11 Å². The average Bonchev–Trinajstić information content (AvgIpc) is 2.85. The Labute approximate surface area is 122 Å². The maximum atomic E-state index is 13.2. The molecule has 0 aliphatic carbocycles. The van der Waals surface area contributed by atoms with Crippen molar-refractivity contribution >= 4 is 17.7 Å². The molecule has 0 radical (unpaired) electrons. The van der Waals surface area contributed by atoms with E-state index in [-0.39, 0.29) is 18.3 Å². The van der Waals surface area contributed by atoms with E-state index >= 15 is 0 Å². The number of hydrogen-bond donors (Lipinski definition) is 2. The first kappa shape index (κ1) is 15.3. The molecule has 6 heteroatoms. The van der Waals surface area contributed by atoms with E-state index in [1.54, 1.807) is 11.0 Å².